The van der Waals surface area contributed by atoms with Crippen LogP contribution in [0.25, 0.3) is 0 Å². The summed E-state index contributed by atoms with van der Waals surface area (Å²) >= 11 is 0. The van der Waals surface area contributed by atoms with Crippen LogP contribution in [0.2, 0.25) is 0 Å². The first-order valence-electron chi connectivity index (χ1n) is 6.76. The average molecular weight is 256 g/mol. The molecule has 18 heavy (non-hydrogen) atoms. The van der Waals surface area contributed by atoms with E-state index < -0.39 is 11.9 Å². The molecule has 0 bridgehead atoms. The molecule has 1 saturated carbocycles. The first kappa shape index (κ1) is 15.0. The number of carbonyl (C=O) groups excluding carboxylic acids is 1. The first-order chi connectivity index (χ1) is 8.54. The summed E-state index contributed by atoms with van der Waals surface area (Å²) in [7, 11) is 0. The summed E-state index contributed by atoms with van der Waals surface area (Å²) in [6, 6.07) is -0.181. The maximum Gasteiger partial charge on any atom is 0.308 e. The van der Waals surface area contributed by atoms with Crippen molar-refractivity contribution in [2.75, 3.05) is 6.54 Å². The van der Waals surface area contributed by atoms with Crippen molar-refractivity contribution in [2.24, 2.45) is 17.6 Å². The highest BCUT2D eigenvalue weighted by molar-refractivity contribution is 5.78. The van der Waals surface area contributed by atoms with Gasteiger partial charge < -0.3 is 16.2 Å². The number of aliphatic carboxylic acids is 1. The number of rotatable bonds is 7. The lowest BCUT2D eigenvalue weighted by atomic mass is 10.0. The molecular weight excluding hydrogens is 232 g/mol. The van der Waals surface area contributed by atoms with E-state index >= 15 is 0 Å². The molecule has 3 unspecified atom stereocenters. The van der Waals surface area contributed by atoms with Crippen LogP contribution < -0.4 is 11.1 Å². The van der Waals surface area contributed by atoms with Gasteiger partial charge in [0.1, 0.15) is 0 Å². The second-order valence-electron chi connectivity index (χ2n) is 5.27. The number of nitrogens with two attached hydrogens (primary N) is 1. The molecule has 0 aromatic heterocycles. The topological polar surface area (TPSA) is 92.4 Å². The van der Waals surface area contributed by atoms with E-state index in [4.69, 9.17) is 10.8 Å². The number of nitrogens with one attached hydrogen (secondary N) is 1. The summed E-state index contributed by atoms with van der Waals surface area (Å²) in [5.74, 6) is -0.790. The highest BCUT2D eigenvalue weighted by Crippen LogP contribution is 2.26. The van der Waals surface area contributed by atoms with Gasteiger partial charge in [0.25, 0.3) is 0 Å². The van der Waals surface area contributed by atoms with Crippen molar-refractivity contribution in [2.45, 2.75) is 51.5 Å². The van der Waals surface area contributed by atoms with Crippen LogP contribution in [0.3, 0.4) is 0 Å². The molecule has 0 aliphatic heterocycles. The number of hydrogen-bond acceptors (Lipinski definition) is 3. The SMILES string of the molecule is CC(CCN)CCC(=O)NC1CCCC1C(=O)O. The third-order valence-corrected chi connectivity index (χ3v) is 3.70. The molecule has 5 nitrogen and oxygen atoms in total. The van der Waals surface area contributed by atoms with Gasteiger partial charge in [-0.25, -0.2) is 0 Å². The van der Waals surface area contributed by atoms with E-state index in [1.54, 1.807) is 0 Å². The van der Waals surface area contributed by atoms with Gasteiger partial charge in [0.15, 0.2) is 0 Å². The predicted molar refractivity (Wildman–Crippen MR) is 69.0 cm³/mol. The number of carbonyl (C=O) groups is 2. The van der Waals surface area contributed by atoms with Gasteiger partial charge in [0, 0.05) is 12.5 Å². The summed E-state index contributed by atoms with van der Waals surface area (Å²) in [6.07, 6.45) is 4.53. The van der Waals surface area contributed by atoms with Crippen molar-refractivity contribution < 1.29 is 14.7 Å². The summed E-state index contributed by atoms with van der Waals surface area (Å²) in [6.45, 7) is 2.72. The lowest BCUT2D eigenvalue weighted by molar-refractivity contribution is -0.142. The molecule has 0 aromatic rings. The van der Waals surface area contributed by atoms with Crippen LogP contribution in [0, 0.1) is 11.8 Å². The molecule has 1 rings (SSSR count). The molecule has 1 amide bonds. The number of hydrogen-bond donors (Lipinski definition) is 3. The molecule has 0 radical (unpaired) electrons. The third kappa shape index (κ3) is 4.64. The average Bonchev–Trinajstić information content (AvgIpc) is 2.75. The predicted octanol–water partition coefficient (Wildman–Crippen LogP) is 1.12. The maximum absolute atomic E-state index is 11.7. The van der Waals surface area contributed by atoms with Gasteiger partial charge in [-0.05, 0) is 38.1 Å². The Kier molecular flexibility index (Phi) is 6.12. The summed E-state index contributed by atoms with van der Waals surface area (Å²) in [4.78, 5) is 22.7. The van der Waals surface area contributed by atoms with Crippen molar-refractivity contribution >= 4 is 11.9 Å². The molecule has 1 fully saturated rings. The van der Waals surface area contributed by atoms with Crippen molar-refractivity contribution in [3.8, 4) is 0 Å². The molecule has 4 N–H and O–H groups in total. The van der Waals surface area contributed by atoms with Crippen LogP contribution in [0.1, 0.15) is 45.4 Å². The fourth-order valence-electron chi connectivity index (χ4n) is 2.51. The standard InChI is InChI=1S/C13H24N2O3/c1-9(7-8-14)5-6-12(16)15-11-4-2-3-10(11)13(17)18/h9-11H,2-8,14H2,1H3,(H,15,16)(H,17,18). The van der Waals surface area contributed by atoms with E-state index in [0.717, 1.165) is 25.7 Å². The van der Waals surface area contributed by atoms with Gasteiger partial charge in [0.05, 0.1) is 5.92 Å². The quantitative estimate of drug-likeness (QED) is 0.636. The van der Waals surface area contributed by atoms with E-state index in [0.29, 0.717) is 25.3 Å². The molecule has 0 spiro atoms. The second-order valence-corrected chi connectivity index (χ2v) is 5.27. The van der Waals surface area contributed by atoms with Crippen molar-refractivity contribution in [3.63, 3.8) is 0 Å². The van der Waals surface area contributed by atoms with E-state index in [2.05, 4.69) is 12.2 Å². The molecular formula is C13H24N2O3. The van der Waals surface area contributed by atoms with E-state index in [1.807, 2.05) is 0 Å². The smallest absolute Gasteiger partial charge is 0.308 e. The monoisotopic (exact) mass is 256 g/mol. The molecule has 1 aliphatic rings. The Morgan fingerprint density at radius 1 is 1.39 bits per heavy atom. The minimum atomic E-state index is -0.797. The highest BCUT2D eigenvalue weighted by atomic mass is 16.4. The summed E-state index contributed by atoms with van der Waals surface area (Å²) in [5.41, 5.74) is 5.45. The van der Waals surface area contributed by atoms with Crippen LogP contribution in [-0.2, 0) is 9.59 Å². The van der Waals surface area contributed by atoms with Gasteiger partial charge in [-0.3, -0.25) is 9.59 Å². The van der Waals surface area contributed by atoms with Gasteiger partial charge in [0.2, 0.25) is 5.91 Å². The Hall–Kier alpha value is -1.10. The first-order valence-corrected chi connectivity index (χ1v) is 6.76. The Bertz CT molecular complexity index is 294. The van der Waals surface area contributed by atoms with Crippen LogP contribution in [0.4, 0.5) is 0 Å². The Morgan fingerprint density at radius 2 is 2.11 bits per heavy atom. The number of amides is 1. The van der Waals surface area contributed by atoms with Gasteiger partial charge >= 0.3 is 5.97 Å². The van der Waals surface area contributed by atoms with E-state index in [1.165, 1.54) is 0 Å². The minimum absolute atomic E-state index is 0.0305. The zero-order chi connectivity index (χ0) is 13.5. The Balaban J connectivity index is 2.29. The zero-order valence-corrected chi connectivity index (χ0v) is 11.0. The van der Waals surface area contributed by atoms with Crippen LogP contribution >= 0.6 is 0 Å². The van der Waals surface area contributed by atoms with Crippen LogP contribution in [0.15, 0.2) is 0 Å². The molecule has 0 aromatic carbocycles. The lowest BCUT2D eigenvalue weighted by Gasteiger charge is -2.18. The van der Waals surface area contributed by atoms with Crippen molar-refractivity contribution in [3.05, 3.63) is 0 Å². The van der Waals surface area contributed by atoms with E-state index in [-0.39, 0.29) is 11.9 Å². The fourth-order valence-corrected chi connectivity index (χ4v) is 2.51. The van der Waals surface area contributed by atoms with Gasteiger partial charge in [-0.1, -0.05) is 13.3 Å². The summed E-state index contributed by atoms with van der Waals surface area (Å²) in [5, 5.41) is 11.9. The fraction of sp³-hybridized carbons (Fsp3) is 0.846. The Labute approximate surface area is 108 Å². The molecule has 5 heteroatoms. The highest BCUT2D eigenvalue weighted by Gasteiger charge is 2.33. The maximum atomic E-state index is 11.7. The van der Waals surface area contributed by atoms with E-state index in [9.17, 15) is 9.59 Å². The van der Waals surface area contributed by atoms with Crippen LogP contribution in [0.5, 0.6) is 0 Å². The molecule has 0 heterocycles. The molecule has 104 valence electrons. The molecule has 1 aliphatic carbocycles. The normalized spacial score (nSPS) is 24.8. The van der Waals surface area contributed by atoms with Crippen LogP contribution in [-0.4, -0.2) is 29.6 Å². The number of carboxylic acids is 1. The second kappa shape index (κ2) is 7.36. The van der Waals surface area contributed by atoms with Crippen molar-refractivity contribution in [1.29, 1.82) is 0 Å². The molecule has 3 atom stereocenters. The Morgan fingerprint density at radius 3 is 2.72 bits per heavy atom. The minimum Gasteiger partial charge on any atom is -0.481 e. The van der Waals surface area contributed by atoms with Crippen molar-refractivity contribution in [1.82, 2.24) is 5.32 Å². The largest absolute Gasteiger partial charge is 0.481 e. The third-order valence-electron chi connectivity index (χ3n) is 3.70. The summed E-state index contributed by atoms with van der Waals surface area (Å²) < 4.78 is 0. The lowest BCUT2D eigenvalue weighted by Crippen LogP contribution is -2.40. The van der Waals surface area contributed by atoms with Gasteiger partial charge in [-0.15, -0.1) is 0 Å². The van der Waals surface area contributed by atoms with Gasteiger partial charge in [-0.2, -0.15) is 0 Å². The zero-order valence-electron chi connectivity index (χ0n) is 11.0. The molecule has 0 saturated heterocycles. The number of carboxylic acid groups (broad SMARTS) is 1.